The van der Waals surface area contributed by atoms with E-state index in [1.165, 1.54) is 23.3 Å². The molecule has 6 heteroatoms. The fraction of sp³-hybridized carbons (Fsp3) is 0.364. The maximum absolute atomic E-state index is 13.4. The summed E-state index contributed by atoms with van der Waals surface area (Å²) in [5.41, 5.74) is 3.38. The number of benzene rings is 2. The first-order chi connectivity index (χ1) is 13.6. The molecule has 1 aliphatic heterocycles. The smallest absolute Gasteiger partial charge is 0.244 e. The van der Waals surface area contributed by atoms with Crippen LogP contribution in [0.2, 0.25) is 0 Å². The summed E-state index contributed by atoms with van der Waals surface area (Å²) in [6, 6.07) is 14.8. The average Bonchev–Trinajstić information content (AvgIpc) is 2.70. The van der Waals surface area contributed by atoms with E-state index < -0.39 is 0 Å². The second-order valence-electron chi connectivity index (χ2n) is 6.99. The van der Waals surface area contributed by atoms with E-state index >= 15 is 0 Å². The summed E-state index contributed by atoms with van der Waals surface area (Å²) >= 11 is 0. The van der Waals surface area contributed by atoms with Crippen LogP contribution >= 0.6 is 0 Å². The van der Waals surface area contributed by atoms with Crippen LogP contribution in [0.1, 0.15) is 23.6 Å². The molecule has 0 aliphatic carbocycles. The van der Waals surface area contributed by atoms with Crippen molar-refractivity contribution in [1.82, 2.24) is 15.1 Å². The van der Waals surface area contributed by atoms with Crippen molar-refractivity contribution in [2.24, 2.45) is 4.99 Å². The highest BCUT2D eigenvalue weighted by Crippen LogP contribution is 2.18. The average molecular weight is 382 g/mol. The summed E-state index contributed by atoms with van der Waals surface area (Å²) in [5.74, 6) is 0.398. The number of guanidine groups is 1. The number of hydrogen-bond donors (Lipinski definition) is 1. The highest BCUT2D eigenvalue weighted by Gasteiger charge is 2.20. The minimum atomic E-state index is -0.256. The molecule has 0 atom stereocenters. The molecule has 1 heterocycles. The standard InChI is InChI=1S/C22H27FN4O/c1-3-24-22(26(2)15-17-7-6-10-20(23)13-17)25-14-21(28)27-12-11-18-8-4-5-9-19(18)16-27/h4-10,13H,3,11-12,14-16H2,1-2H3,(H,24,25). The number of carbonyl (C=O) groups is 1. The molecule has 0 radical (unpaired) electrons. The van der Waals surface area contributed by atoms with E-state index in [1.807, 2.05) is 42.0 Å². The van der Waals surface area contributed by atoms with E-state index in [1.54, 1.807) is 6.07 Å². The van der Waals surface area contributed by atoms with Crippen LogP contribution in [0.5, 0.6) is 0 Å². The van der Waals surface area contributed by atoms with Crippen molar-refractivity contribution in [2.75, 3.05) is 26.7 Å². The molecule has 1 aliphatic rings. The van der Waals surface area contributed by atoms with Gasteiger partial charge in [0.25, 0.3) is 0 Å². The van der Waals surface area contributed by atoms with Gasteiger partial charge in [0.1, 0.15) is 12.4 Å². The van der Waals surface area contributed by atoms with Gasteiger partial charge in [-0.25, -0.2) is 9.38 Å². The Labute approximate surface area is 165 Å². The Kier molecular flexibility index (Phi) is 6.63. The maximum atomic E-state index is 13.4. The normalized spacial score (nSPS) is 13.8. The summed E-state index contributed by atoms with van der Waals surface area (Å²) in [6.45, 7) is 4.64. The van der Waals surface area contributed by atoms with Gasteiger partial charge in [-0.15, -0.1) is 0 Å². The molecule has 0 bridgehead atoms. The predicted octanol–water partition coefficient (Wildman–Crippen LogP) is 2.81. The van der Waals surface area contributed by atoms with Crippen molar-refractivity contribution >= 4 is 11.9 Å². The van der Waals surface area contributed by atoms with Gasteiger partial charge in [0.2, 0.25) is 5.91 Å². The zero-order chi connectivity index (χ0) is 19.9. The van der Waals surface area contributed by atoms with E-state index in [0.29, 0.717) is 25.6 Å². The first kappa shape index (κ1) is 19.9. The second-order valence-corrected chi connectivity index (χ2v) is 6.99. The van der Waals surface area contributed by atoms with Gasteiger partial charge >= 0.3 is 0 Å². The van der Waals surface area contributed by atoms with Crippen molar-refractivity contribution in [3.05, 3.63) is 71.0 Å². The number of halogens is 1. The summed E-state index contributed by atoms with van der Waals surface area (Å²) in [6.07, 6.45) is 0.880. The number of nitrogens with one attached hydrogen (secondary N) is 1. The number of hydrogen-bond acceptors (Lipinski definition) is 2. The van der Waals surface area contributed by atoms with E-state index in [2.05, 4.69) is 22.4 Å². The number of aliphatic imine (C=N–C) groups is 1. The molecule has 0 saturated heterocycles. The Bertz CT molecular complexity index is 852. The zero-order valence-corrected chi connectivity index (χ0v) is 16.5. The highest BCUT2D eigenvalue weighted by atomic mass is 19.1. The van der Waals surface area contributed by atoms with Crippen LogP contribution in [0.3, 0.4) is 0 Å². The van der Waals surface area contributed by atoms with E-state index in [-0.39, 0.29) is 18.3 Å². The van der Waals surface area contributed by atoms with Crippen molar-refractivity contribution < 1.29 is 9.18 Å². The molecular weight excluding hydrogens is 355 g/mol. The third-order valence-corrected chi connectivity index (χ3v) is 4.85. The van der Waals surface area contributed by atoms with Crippen LogP contribution in [0.25, 0.3) is 0 Å². The van der Waals surface area contributed by atoms with Gasteiger partial charge in [-0.1, -0.05) is 36.4 Å². The monoisotopic (exact) mass is 382 g/mol. The minimum absolute atomic E-state index is 0.0176. The Morgan fingerprint density at radius 1 is 1.21 bits per heavy atom. The van der Waals surface area contributed by atoms with E-state index in [9.17, 15) is 9.18 Å². The van der Waals surface area contributed by atoms with Crippen molar-refractivity contribution in [2.45, 2.75) is 26.4 Å². The Morgan fingerprint density at radius 3 is 2.75 bits per heavy atom. The lowest BCUT2D eigenvalue weighted by atomic mass is 10.00. The van der Waals surface area contributed by atoms with Gasteiger partial charge in [0.05, 0.1) is 0 Å². The molecule has 5 nitrogen and oxygen atoms in total. The number of fused-ring (bicyclic) bond motifs is 1. The van der Waals surface area contributed by atoms with Crippen LogP contribution in [-0.4, -0.2) is 48.3 Å². The Hall–Kier alpha value is -2.89. The van der Waals surface area contributed by atoms with Crippen molar-refractivity contribution in [3.8, 4) is 0 Å². The van der Waals surface area contributed by atoms with Gasteiger partial charge in [0, 0.05) is 33.2 Å². The van der Waals surface area contributed by atoms with Crippen molar-refractivity contribution in [3.63, 3.8) is 0 Å². The quantitative estimate of drug-likeness (QED) is 0.639. The van der Waals surface area contributed by atoms with Crippen LogP contribution in [0.4, 0.5) is 4.39 Å². The minimum Gasteiger partial charge on any atom is -0.357 e. The fourth-order valence-electron chi connectivity index (χ4n) is 3.40. The lowest BCUT2D eigenvalue weighted by Crippen LogP contribution is -2.41. The molecule has 2 aromatic rings. The first-order valence-corrected chi connectivity index (χ1v) is 9.65. The maximum Gasteiger partial charge on any atom is 0.244 e. The van der Waals surface area contributed by atoms with Crippen LogP contribution in [-0.2, 0) is 24.3 Å². The van der Waals surface area contributed by atoms with Gasteiger partial charge in [-0.3, -0.25) is 4.79 Å². The highest BCUT2D eigenvalue weighted by molar-refractivity contribution is 5.85. The van der Waals surface area contributed by atoms with Crippen LogP contribution in [0, 0.1) is 5.82 Å². The van der Waals surface area contributed by atoms with Crippen molar-refractivity contribution in [1.29, 1.82) is 0 Å². The molecule has 3 rings (SSSR count). The van der Waals surface area contributed by atoms with Gasteiger partial charge in [0.15, 0.2) is 5.96 Å². The Balaban J connectivity index is 1.63. The lowest BCUT2D eigenvalue weighted by molar-refractivity contribution is -0.130. The van der Waals surface area contributed by atoms with Crippen LogP contribution < -0.4 is 5.32 Å². The summed E-state index contributed by atoms with van der Waals surface area (Å²) in [4.78, 5) is 20.9. The van der Waals surface area contributed by atoms with E-state index in [0.717, 1.165) is 18.5 Å². The molecule has 2 aromatic carbocycles. The van der Waals surface area contributed by atoms with Gasteiger partial charge in [-0.05, 0) is 42.2 Å². The van der Waals surface area contributed by atoms with E-state index in [4.69, 9.17) is 0 Å². The van der Waals surface area contributed by atoms with Gasteiger partial charge < -0.3 is 15.1 Å². The second kappa shape index (κ2) is 9.35. The summed E-state index contributed by atoms with van der Waals surface area (Å²) < 4.78 is 13.4. The molecule has 1 amide bonds. The summed E-state index contributed by atoms with van der Waals surface area (Å²) in [7, 11) is 1.88. The Morgan fingerprint density at radius 2 is 2.00 bits per heavy atom. The van der Waals surface area contributed by atoms with Gasteiger partial charge in [-0.2, -0.15) is 0 Å². The predicted molar refractivity (Wildman–Crippen MR) is 109 cm³/mol. The number of rotatable bonds is 5. The molecule has 0 unspecified atom stereocenters. The first-order valence-electron chi connectivity index (χ1n) is 9.65. The topological polar surface area (TPSA) is 47.9 Å². The molecular formula is C22H27FN4O. The lowest BCUT2D eigenvalue weighted by Gasteiger charge is -2.29. The number of carbonyl (C=O) groups excluding carboxylic acids is 1. The number of amides is 1. The molecule has 28 heavy (non-hydrogen) atoms. The largest absolute Gasteiger partial charge is 0.357 e. The molecule has 1 N–H and O–H groups in total. The molecule has 148 valence electrons. The molecule has 0 spiro atoms. The molecule has 0 saturated carbocycles. The molecule has 0 aromatic heterocycles. The summed E-state index contributed by atoms with van der Waals surface area (Å²) in [5, 5.41) is 3.20. The zero-order valence-electron chi connectivity index (χ0n) is 16.5. The SMILES string of the molecule is CCNC(=NCC(=O)N1CCc2ccccc2C1)N(C)Cc1cccc(F)c1. The van der Waals surface area contributed by atoms with Crippen LogP contribution in [0.15, 0.2) is 53.5 Å². The molecule has 0 fully saturated rings. The third kappa shape index (κ3) is 5.09. The third-order valence-electron chi connectivity index (χ3n) is 4.85. The fourth-order valence-corrected chi connectivity index (χ4v) is 3.40. The number of nitrogens with zero attached hydrogens (tertiary/aromatic N) is 3.